The molecule has 1 heterocycles. The summed E-state index contributed by atoms with van der Waals surface area (Å²) < 4.78 is 0. The van der Waals surface area contributed by atoms with Gasteiger partial charge in [-0.05, 0) is 36.6 Å². The number of hydrogen-bond acceptors (Lipinski definition) is 1. The van der Waals surface area contributed by atoms with Crippen molar-refractivity contribution in [2.45, 2.75) is 52.1 Å². The highest BCUT2D eigenvalue weighted by molar-refractivity contribution is 6.05. The number of hydrogen-bond donors (Lipinski definition) is 0. The molecular weight excluding hydrogens is 145 g/mol. The van der Waals surface area contributed by atoms with Crippen molar-refractivity contribution in [1.82, 2.24) is 4.81 Å². The van der Waals surface area contributed by atoms with E-state index in [0.717, 1.165) is 18.0 Å². The highest BCUT2D eigenvalue weighted by Crippen LogP contribution is 2.47. The van der Waals surface area contributed by atoms with Crippen LogP contribution < -0.4 is 0 Å². The van der Waals surface area contributed by atoms with Crippen molar-refractivity contribution in [2.24, 2.45) is 11.3 Å². The van der Waals surface area contributed by atoms with Gasteiger partial charge in [0.25, 0.3) is 0 Å². The number of fused-ring (bicyclic) bond motifs is 2. The van der Waals surface area contributed by atoms with Gasteiger partial charge in [-0.25, -0.2) is 0 Å². The van der Waals surface area contributed by atoms with Crippen molar-refractivity contribution >= 4 is 7.98 Å². The zero-order chi connectivity index (χ0) is 8.93. The molecule has 12 heavy (non-hydrogen) atoms. The fourth-order valence-corrected chi connectivity index (χ4v) is 3.53. The van der Waals surface area contributed by atoms with E-state index in [4.69, 9.17) is 0 Å². The van der Waals surface area contributed by atoms with Crippen LogP contribution in [0.2, 0.25) is 0 Å². The molecule has 2 fully saturated rings. The largest absolute Gasteiger partial charge is 0.343 e. The highest BCUT2D eigenvalue weighted by Gasteiger charge is 2.47. The first-order valence-electron chi connectivity index (χ1n) is 5.22. The molecule has 0 radical (unpaired) electrons. The van der Waals surface area contributed by atoms with E-state index >= 15 is 0 Å². The first kappa shape index (κ1) is 8.62. The van der Waals surface area contributed by atoms with Crippen molar-refractivity contribution in [1.29, 1.82) is 0 Å². The van der Waals surface area contributed by atoms with Gasteiger partial charge in [0.15, 0.2) is 7.98 Å². The summed E-state index contributed by atoms with van der Waals surface area (Å²) >= 11 is 0. The molecule has 0 aromatic rings. The molecule has 1 saturated carbocycles. The van der Waals surface area contributed by atoms with Crippen LogP contribution in [0.1, 0.15) is 40.0 Å². The van der Waals surface area contributed by atoms with E-state index in [1.165, 1.54) is 19.3 Å². The lowest BCUT2D eigenvalue weighted by Crippen LogP contribution is -2.46. The Kier molecular flexibility index (Phi) is 1.80. The van der Waals surface area contributed by atoms with Gasteiger partial charge in [0.2, 0.25) is 0 Å². The smallest absolute Gasteiger partial charge is 0.186 e. The van der Waals surface area contributed by atoms with E-state index in [0.29, 0.717) is 5.41 Å². The quantitative estimate of drug-likeness (QED) is 0.491. The minimum Gasteiger partial charge on any atom is -0.343 e. The summed E-state index contributed by atoms with van der Waals surface area (Å²) in [5, 5.41) is 0. The normalized spacial score (nSPS) is 42.4. The van der Waals surface area contributed by atoms with Crippen LogP contribution in [0.4, 0.5) is 0 Å². The molecule has 2 aliphatic rings. The Labute approximate surface area is 76.9 Å². The standard InChI is InChI=1S/C10H20BN/c1-10(2,3)9-7-4-5-8(6-7)12(9)11/h7-9H,4-6,11H2,1-3H3/t7-,8+,9?/m0/s1. The second kappa shape index (κ2) is 2.51. The van der Waals surface area contributed by atoms with Gasteiger partial charge in [-0.3, -0.25) is 0 Å². The second-order valence-electron chi connectivity index (χ2n) is 5.70. The molecule has 1 nitrogen and oxygen atoms in total. The maximum Gasteiger partial charge on any atom is 0.186 e. The van der Waals surface area contributed by atoms with Crippen LogP contribution >= 0.6 is 0 Å². The Balaban J connectivity index is 2.17. The predicted molar refractivity (Wildman–Crippen MR) is 54.8 cm³/mol. The summed E-state index contributed by atoms with van der Waals surface area (Å²) in [6.45, 7) is 7.15. The Morgan fingerprint density at radius 1 is 1.25 bits per heavy atom. The number of piperidine rings is 1. The van der Waals surface area contributed by atoms with Crippen molar-refractivity contribution in [3.63, 3.8) is 0 Å². The molecule has 2 rings (SSSR count). The topological polar surface area (TPSA) is 3.24 Å². The molecule has 68 valence electrons. The molecule has 2 bridgehead atoms. The van der Waals surface area contributed by atoms with Crippen molar-refractivity contribution in [3.8, 4) is 0 Å². The van der Waals surface area contributed by atoms with E-state index in [9.17, 15) is 0 Å². The summed E-state index contributed by atoms with van der Waals surface area (Å²) in [6.07, 6.45) is 4.41. The van der Waals surface area contributed by atoms with Gasteiger partial charge in [0.05, 0.1) is 0 Å². The van der Waals surface area contributed by atoms with Gasteiger partial charge >= 0.3 is 0 Å². The van der Waals surface area contributed by atoms with Gasteiger partial charge in [-0.2, -0.15) is 0 Å². The summed E-state index contributed by atoms with van der Waals surface area (Å²) in [5.41, 5.74) is 0.481. The van der Waals surface area contributed by atoms with Crippen LogP contribution in [0.25, 0.3) is 0 Å². The fourth-order valence-electron chi connectivity index (χ4n) is 3.53. The average Bonchev–Trinajstić information content (AvgIpc) is 2.42. The summed E-state index contributed by atoms with van der Waals surface area (Å²) in [5.74, 6) is 1.000. The molecule has 0 N–H and O–H groups in total. The van der Waals surface area contributed by atoms with Crippen LogP contribution in [0, 0.1) is 11.3 Å². The van der Waals surface area contributed by atoms with E-state index in [-0.39, 0.29) is 0 Å². The fraction of sp³-hybridized carbons (Fsp3) is 1.00. The molecule has 1 aliphatic heterocycles. The molecular formula is C10H20BN. The molecule has 0 aromatic heterocycles. The van der Waals surface area contributed by atoms with Crippen molar-refractivity contribution in [3.05, 3.63) is 0 Å². The average molecular weight is 165 g/mol. The summed E-state index contributed by atoms with van der Waals surface area (Å²) in [7, 11) is 2.32. The molecule has 1 saturated heterocycles. The van der Waals surface area contributed by atoms with Crippen LogP contribution in [-0.4, -0.2) is 24.9 Å². The lowest BCUT2D eigenvalue weighted by molar-refractivity contribution is 0.131. The van der Waals surface area contributed by atoms with Gasteiger partial charge in [-0.15, -0.1) is 0 Å². The zero-order valence-electron chi connectivity index (χ0n) is 8.80. The lowest BCUT2D eigenvalue weighted by Gasteiger charge is -2.41. The monoisotopic (exact) mass is 165 g/mol. The summed E-state index contributed by atoms with van der Waals surface area (Å²) in [6, 6.07) is 1.76. The Hall–Kier alpha value is 0.0249. The molecule has 0 amide bonds. The molecule has 3 atom stereocenters. The van der Waals surface area contributed by atoms with Crippen LogP contribution in [0.15, 0.2) is 0 Å². The van der Waals surface area contributed by atoms with Gasteiger partial charge in [-0.1, -0.05) is 20.8 Å². The van der Waals surface area contributed by atoms with Crippen LogP contribution in [0.5, 0.6) is 0 Å². The lowest BCUT2D eigenvalue weighted by atomic mass is 9.77. The first-order chi connectivity index (χ1) is 5.50. The van der Waals surface area contributed by atoms with Gasteiger partial charge in [0.1, 0.15) is 0 Å². The van der Waals surface area contributed by atoms with E-state index < -0.39 is 0 Å². The van der Waals surface area contributed by atoms with Gasteiger partial charge < -0.3 is 4.81 Å². The number of nitrogens with zero attached hydrogens (tertiary/aromatic N) is 1. The van der Waals surface area contributed by atoms with Crippen LogP contribution in [0.3, 0.4) is 0 Å². The van der Waals surface area contributed by atoms with Crippen molar-refractivity contribution < 1.29 is 0 Å². The third-order valence-electron chi connectivity index (χ3n) is 3.79. The third-order valence-corrected chi connectivity index (χ3v) is 3.79. The van der Waals surface area contributed by atoms with E-state index in [1.54, 1.807) is 0 Å². The Morgan fingerprint density at radius 2 is 1.92 bits per heavy atom. The van der Waals surface area contributed by atoms with Crippen LogP contribution in [-0.2, 0) is 0 Å². The molecule has 1 unspecified atom stereocenters. The SMILES string of the molecule is BN1C(C(C)(C)C)[C@H]2CC[C@@H]1C2. The Morgan fingerprint density at radius 3 is 2.25 bits per heavy atom. The maximum atomic E-state index is 2.63. The first-order valence-corrected chi connectivity index (χ1v) is 5.22. The molecule has 0 spiro atoms. The minimum absolute atomic E-state index is 0.481. The maximum absolute atomic E-state index is 2.63. The van der Waals surface area contributed by atoms with E-state index in [2.05, 4.69) is 33.6 Å². The minimum atomic E-state index is 0.481. The molecule has 0 aromatic carbocycles. The van der Waals surface area contributed by atoms with Gasteiger partial charge in [0, 0.05) is 6.04 Å². The molecule has 1 aliphatic carbocycles. The highest BCUT2D eigenvalue weighted by atomic mass is 15.2. The summed E-state index contributed by atoms with van der Waals surface area (Å²) in [4.78, 5) is 2.63. The number of rotatable bonds is 0. The Bertz CT molecular complexity index is 183. The third kappa shape index (κ3) is 1.12. The predicted octanol–water partition coefficient (Wildman–Crippen LogP) is 1.43. The van der Waals surface area contributed by atoms with Crippen molar-refractivity contribution in [2.75, 3.05) is 0 Å². The zero-order valence-corrected chi connectivity index (χ0v) is 8.80. The van der Waals surface area contributed by atoms with E-state index in [1.807, 2.05) is 0 Å². The second-order valence-corrected chi connectivity index (χ2v) is 5.70. The molecule has 2 heteroatoms.